The Bertz CT molecular complexity index is 371. The van der Waals surface area contributed by atoms with Gasteiger partial charge in [0.05, 0.1) is 51.8 Å². The molecule has 1 N–H and O–H groups in total. The topological polar surface area (TPSA) is 77.9 Å². The Morgan fingerprint density at radius 3 is 2.24 bits per heavy atom. The van der Waals surface area contributed by atoms with Crippen LogP contribution in [-0.2, 0) is 9.53 Å². The van der Waals surface area contributed by atoms with Crippen molar-refractivity contribution in [3.8, 4) is 11.5 Å². The van der Waals surface area contributed by atoms with Crippen LogP contribution in [-0.4, -0.2) is 37.4 Å². The van der Waals surface area contributed by atoms with Crippen molar-refractivity contribution in [2.75, 3.05) is 21.3 Å². The zero-order valence-corrected chi connectivity index (χ0v) is 9.97. The number of aliphatic hydroxyl groups is 1. The van der Waals surface area contributed by atoms with Gasteiger partial charge in [-0.3, -0.25) is 9.78 Å². The van der Waals surface area contributed by atoms with Gasteiger partial charge in [0.1, 0.15) is 11.5 Å². The Kier molecular flexibility index (Phi) is 4.71. The number of carbonyl (C=O) groups excluding carboxylic acids is 1. The van der Waals surface area contributed by atoms with Crippen LogP contribution in [0.15, 0.2) is 12.4 Å². The summed E-state index contributed by atoms with van der Waals surface area (Å²) in [6.45, 7) is 0. The third-order valence-electron chi connectivity index (χ3n) is 2.28. The molecule has 94 valence electrons. The van der Waals surface area contributed by atoms with Crippen molar-refractivity contribution in [3.05, 3.63) is 18.0 Å². The maximum Gasteiger partial charge on any atom is 0.308 e. The van der Waals surface area contributed by atoms with Crippen LogP contribution >= 0.6 is 0 Å². The monoisotopic (exact) mass is 241 g/mol. The minimum atomic E-state index is -1.06. The van der Waals surface area contributed by atoms with Crippen LogP contribution in [0.4, 0.5) is 0 Å². The molecule has 0 saturated carbocycles. The fraction of sp³-hybridized carbons (Fsp3) is 0.455. The normalized spacial score (nSPS) is 11.8. The highest BCUT2D eigenvalue weighted by atomic mass is 16.5. The molecule has 0 radical (unpaired) electrons. The lowest BCUT2D eigenvalue weighted by molar-refractivity contribution is -0.142. The first-order valence-electron chi connectivity index (χ1n) is 4.94. The number of hydrogen-bond acceptors (Lipinski definition) is 6. The van der Waals surface area contributed by atoms with E-state index in [0.29, 0.717) is 17.1 Å². The maximum atomic E-state index is 11.1. The molecule has 1 heterocycles. The molecule has 0 aliphatic heterocycles. The van der Waals surface area contributed by atoms with Gasteiger partial charge in [0.15, 0.2) is 0 Å². The summed E-state index contributed by atoms with van der Waals surface area (Å²) < 4.78 is 14.6. The molecule has 6 heteroatoms. The molecule has 0 fully saturated rings. The molecule has 0 aliphatic rings. The smallest absolute Gasteiger partial charge is 0.308 e. The van der Waals surface area contributed by atoms with Gasteiger partial charge in [-0.1, -0.05) is 0 Å². The molecule has 17 heavy (non-hydrogen) atoms. The molecule has 0 spiro atoms. The molecule has 1 aromatic rings. The first-order chi connectivity index (χ1) is 8.13. The summed E-state index contributed by atoms with van der Waals surface area (Å²) in [5, 5.41) is 9.96. The number of esters is 1. The molecule has 0 aromatic carbocycles. The lowest BCUT2D eigenvalue weighted by atomic mass is 10.1. The Labute approximate surface area is 99.1 Å². The van der Waals surface area contributed by atoms with Crippen molar-refractivity contribution >= 4 is 5.97 Å². The van der Waals surface area contributed by atoms with Crippen LogP contribution in [0.3, 0.4) is 0 Å². The average Bonchev–Trinajstić information content (AvgIpc) is 2.37. The van der Waals surface area contributed by atoms with Gasteiger partial charge in [0.2, 0.25) is 0 Å². The number of pyridine rings is 1. The minimum Gasteiger partial charge on any atom is -0.495 e. The van der Waals surface area contributed by atoms with E-state index < -0.39 is 12.1 Å². The molecule has 0 aliphatic carbocycles. The highest BCUT2D eigenvalue weighted by Gasteiger charge is 2.22. The number of methoxy groups -OCH3 is 3. The Morgan fingerprint density at radius 1 is 1.29 bits per heavy atom. The summed E-state index contributed by atoms with van der Waals surface area (Å²) >= 11 is 0. The zero-order chi connectivity index (χ0) is 12.8. The molecular weight excluding hydrogens is 226 g/mol. The van der Waals surface area contributed by atoms with Crippen molar-refractivity contribution in [2.45, 2.75) is 12.5 Å². The summed E-state index contributed by atoms with van der Waals surface area (Å²) in [6.07, 6.45) is 1.65. The van der Waals surface area contributed by atoms with Gasteiger partial charge < -0.3 is 19.3 Å². The van der Waals surface area contributed by atoms with E-state index in [9.17, 15) is 9.90 Å². The van der Waals surface area contributed by atoms with Gasteiger partial charge in [-0.15, -0.1) is 0 Å². The zero-order valence-electron chi connectivity index (χ0n) is 9.97. The fourth-order valence-electron chi connectivity index (χ4n) is 1.43. The molecule has 0 bridgehead atoms. The molecule has 6 nitrogen and oxygen atoms in total. The Hall–Kier alpha value is -1.82. The van der Waals surface area contributed by atoms with Gasteiger partial charge in [0.25, 0.3) is 0 Å². The number of nitrogens with zero attached hydrogens (tertiary/aromatic N) is 1. The lowest BCUT2D eigenvalue weighted by Gasteiger charge is -2.16. The van der Waals surface area contributed by atoms with Crippen molar-refractivity contribution in [2.24, 2.45) is 0 Å². The molecule has 1 aromatic heterocycles. The number of rotatable bonds is 5. The Balaban J connectivity index is 3.04. The van der Waals surface area contributed by atoms with Gasteiger partial charge in [0, 0.05) is 0 Å². The van der Waals surface area contributed by atoms with Crippen LogP contribution in [0.5, 0.6) is 11.5 Å². The average molecular weight is 241 g/mol. The highest BCUT2D eigenvalue weighted by molar-refractivity contribution is 5.70. The largest absolute Gasteiger partial charge is 0.495 e. The number of carbonyl (C=O) groups is 1. The van der Waals surface area contributed by atoms with Crippen molar-refractivity contribution in [1.29, 1.82) is 0 Å². The van der Waals surface area contributed by atoms with E-state index in [0.717, 1.165) is 0 Å². The second kappa shape index (κ2) is 6.05. The van der Waals surface area contributed by atoms with Crippen molar-refractivity contribution in [1.82, 2.24) is 4.98 Å². The SMILES string of the molecule is COC(=O)C[C@H](O)c1c(OC)cncc1OC. The van der Waals surface area contributed by atoms with Crippen LogP contribution in [0.2, 0.25) is 0 Å². The first-order valence-corrected chi connectivity index (χ1v) is 4.94. The van der Waals surface area contributed by atoms with Crippen LogP contribution in [0.25, 0.3) is 0 Å². The quantitative estimate of drug-likeness (QED) is 0.764. The van der Waals surface area contributed by atoms with Gasteiger partial charge >= 0.3 is 5.97 Å². The van der Waals surface area contributed by atoms with Crippen molar-refractivity contribution in [3.63, 3.8) is 0 Å². The summed E-state index contributed by atoms with van der Waals surface area (Å²) in [5.74, 6) is 0.208. The predicted octanol–water partition coefficient (Wildman–Crippen LogP) is 0.695. The molecule has 0 saturated heterocycles. The number of aliphatic hydroxyl groups excluding tert-OH is 1. The summed E-state index contributed by atoms with van der Waals surface area (Å²) in [6, 6.07) is 0. The maximum absolute atomic E-state index is 11.1. The minimum absolute atomic E-state index is 0.173. The van der Waals surface area contributed by atoms with E-state index >= 15 is 0 Å². The number of ether oxygens (including phenoxy) is 3. The van der Waals surface area contributed by atoms with E-state index in [2.05, 4.69) is 9.72 Å². The molecular formula is C11H15NO5. The summed E-state index contributed by atoms with van der Waals surface area (Å²) in [7, 11) is 4.16. The second-order valence-corrected chi connectivity index (χ2v) is 3.25. The standard InChI is InChI=1S/C11H15NO5/c1-15-8-5-12-6-9(16-2)11(8)7(13)4-10(14)17-3/h5-7,13H,4H2,1-3H3/t7-/m0/s1. The van der Waals surface area contributed by atoms with Gasteiger partial charge in [-0.2, -0.15) is 0 Å². The molecule has 1 rings (SSSR count). The molecule has 0 unspecified atom stereocenters. The van der Waals surface area contributed by atoms with Crippen LogP contribution in [0, 0.1) is 0 Å². The second-order valence-electron chi connectivity index (χ2n) is 3.25. The molecule has 1 atom stereocenters. The summed E-state index contributed by atoms with van der Waals surface area (Å²) in [4.78, 5) is 15.0. The van der Waals surface area contributed by atoms with Crippen LogP contribution in [0.1, 0.15) is 18.1 Å². The highest BCUT2D eigenvalue weighted by Crippen LogP contribution is 2.34. The van der Waals surface area contributed by atoms with E-state index in [-0.39, 0.29) is 6.42 Å². The third kappa shape index (κ3) is 3.07. The van der Waals surface area contributed by atoms with Gasteiger partial charge in [-0.25, -0.2) is 0 Å². The predicted molar refractivity (Wildman–Crippen MR) is 58.9 cm³/mol. The van der Waals surface area contributed by atoms with Gasteiger partial charge in [-0.05, 0) is 0 Å². The molecule has 0 amide bonds. The number of aromatic nitrogens is 1. The van der Waals surface area contributed by atoms with E-state index in [4.69, 9.17) is 9.47 Å². The summed E-state index contributed by atoms with van der Waals surface area (Å²) in [5.41, 5.74) is 0.385. The van der Waals surface area contributed by atoms with E-state index in [1.165, 1.54) is 33.7 Å². The third-order valence-corrected chi connectivity index (χ3v) is 2.28. The lowest BCUT2D eigenvalue weighted by Crippen LogP contribution is -2.10. The van der Waals surface area contributed by atoms with Crippen molar-refractivity contribution < 1.29 is 24.1 Å². The van der Waals surface area contributed by atoms with Crippen LogP contribution < -0.4 is 9.47 Å². The van der Waals surface area contributed by atoms with E-state index in [1.807, 2.05) is 0 Å². The number of hydrogen-bond donors (Lipinski definition) is 1. The first kappa shape index (κ1) is 13.2. The van der Waals surface area contributed by atoms with E-state index in [1.54, 1.807) is 0 Å². The fourth-order valence-corrected chi connectivity index (χ4v) is 1.43. The Morgan fingerprint density at radius 2 is 1.82 bits per heavy atom.